The van der Waals surface area contributed by atoms with Crippen molar-refractivity contribution >= 4 is 9.84 Å². The lowest BCUT2D eigenvalue weighted by atomic mass is 9.83. The van der Waals surface area contributed by atoms with Crippen molar-refractivity contribution in [3.05, 3.63) is 0 Å². The van der Waals surface area contributed by atoms with E-state index in [0.717, 1.165) is 32.5 Å². The Morgan fingerprint density at radius 1 is 1.40 bits per heavy atom. The first-order chi connectivity index (χ1) is 6.77. The van der Waals surface area contributed by atoms with Gasteiger partial charge in [-0.25, -0.2) is 8.42 Å². The molecule has 0 radical (unpaired) electrons. The lowest BCUT2D eigenvalue weighted by Crippen LogP contribution is -2.51. The van der Waals surface area contributed by atoms with Crippen LogP contribution in [0.3, 0.4) is 0 Å². The average molecular weight is 233 g/mol. The minimum atomic E-state index is -2.90. The highest BCUT2D eigenvalue weighted by molar-refractivity contribution is 7.91. The molecule has 0 aliphatic carbocycles. The first kappa shape index (κ1) is 13.0. The predicted octanol–water partition coefficient (Wildman–Crippen LogP) is 1.54. The van der Waals surface area contributed by atoms with E-state index in [-0.39, 0.29) is 10.7 Å². The van der Waals surface area contributed by atoms with Crippen molar-refractivity contribution in [1.82, 2.24) is 4.90 Å². The SMILES string of the molecule is CCCN1CCC(S(C)(=O)=O)C(C)(C)C1. The average Bonchev–Trinajstić information content (AvgIpc) is 1.99. The molecule has 0 spiro atoms. The van der Waals surface area contributed by atoms with Crippen LogP contribution in [0.25, 0.3) is 0 Å². The lowest BCUT2D eigenvalue weighted by Gasteiger charge is -2.43. The summed E-state index contributed by atoms with van der Waals surface area (Å²) in [6.07, 6.45) is 3.29. The molecular weight excluding hydrogens is 210 g/mol. The quantitative estimate of drug-likeness (QED) is 0.742. The molecule has 0 aromatic heterocycles. The van der Waals surface area contributed by atoms with Crippen molar-refractivity contribution in [1.29, 1.82) is 0 Å². The third-order valence-corrected chi connectivity index (χ3v) is 5.17. The second-order valence-electron chi connectivity index (χ2n) is 5.37. The standard InChI is InChI=1S/C11H23NO2S/c1-5-7-12-8-6-10(15(4,13)14)11(2,3)9-12/h10H,5-9H2,1-4H3. The molecule has 15 heavy (non-hydrogen) atoms. The van der Waals surface area contributed by atoms with Crippen LogP contribution >= 0.6 is 0 Å². The van der Waals surface area contributed by atoms with E-state index >= 15 is 0 Å². The highest BCUT2D eigenvalue weighted by atomic mass is 32.2. The molecule has 0 bridgehead atoms. The van der Waals surface area contributed by atoms with Crippen LogP contribution in [0.2, 0.25) is 0 Å². The monoisotopic (exact) mass is 233 g/mol. The van der Waals surface area contributed by atoms with Gasteiger partial charge in [0, 0.05) is 12.8 Å². The summed E-state index contributed by atoms with van der Waals surface area (Å²) < 4.78 is 23.3. The molecule has 1 aliphatic rings. The van der Waals surface area contributed by atoms with Crippen molar-refractivity contribution < 1.29 is 8.42 Å². The van der Waals surface area contributed by atoms with Gasteiger partial charge in [0.05, 0.1) is 5.25 Å². The fraction of sp³-hybridized carbons (Fsp3) is 1.00. The summed E-state index contributed by atoms with van der Waals surface area (Å²) in [5, 5.41) is -0.168. The zero-order valence-electron chi connectivity index (χ0n) is 10.3. The Morgan fingerprint density at radius 2 is 2.00 bits per heavy atom. The van der Waals surface area contributed by atoms with Crippen molar-refractivity contribution in [3.63, 3.8) is 0 Å². The summed E-state index contributed by atoms with van der Waals surface area (Å²) in [5.41, 5.74) is -0.110. The third kappa shape index (κ3) is 3.18. The van der Waals surface area contributed by atoms with Crippen LogP contribution in [0.4, 0.5) is 0 Å². The van der Waals surface area contributed by atoms with Gasteiger partial charge in [-0.1, -0.05) is 20.8 Å². The number of likely N-dealkylation sites (tertiary alicyclic amines) is 1. The Hall–Kier alpha value is -0.0900. The van der Waals surface area contributed by atoms with Crippen LogP contribution in [0.5, 0.6) is 0 Å². The van der Waals surface area contributed by atoms with Gasteiger partial charge in [0.15, 0.2) is 9.84 Å². The molecule has 0 amide bonds. The summed E-state index contributed by atoms with van der Waals surface area (Å²) in [7, 11) is -2.90. The highest BCUT2D eigenvalue weighted by Gasteiger charge is 2.41. The van der Waals surface area contributed by atoms with Gasteiger partial charge >= 0.3 is 0 Å². The fourth-order valence-corrected chi connectivity index (χ4v) is 4.52. The normalized spacial score (nSPS) is 27.9. The Morgan fingerprint density at radius 3 is 2.40 bits per heavy atom. The minimum Gasteiger partial charge on any atom is -0.303 e. The molecular formula is C11H23NO2S. The Kier molecular flexibility index (Phi) is 3.82. The van der Waals surface area contributed by atoms with E-state index in [9.17, 15) is 8.42 Å². The Labute approximate surface area is 93.8 Å². The van der Waals surface area contributed by atoms with Crippen LogP contribution < -0.4 is 0 Å². The molecule has 1 saturated heterocycles. The molecule has 1 aliphatic heterocycles. The van der Waals surface area contributed by atoms with Crippen LogP contribution in [0.15, 0.2) is 0 Å². The van der Waals surface area contributed by atoms with Crippen LogP contribution in [0, 0.1) is 5.41 Å². The van der Waals surface area contributed by atoms with Gasteiger partial charge in [-0.3, -0.25) is 0 Å². The molecule has 0 aromatic carbocycles. The smallest absolute Gasteiger partial charge is 0.150 e. The van der Waals surface area contributed by atoms with Crippen molar-refractivity contribution in [2.75, 3.05) is 25.9 Å². The van der Waals surface area contributed by atoms with Gasteiger partial charge in [-0.2, -0.15) is 0 Å². The number of rotatable bonds is 3. The van der Waals surface area contributed by atoms with Gasteiger partial charge in [0.2, 0.25) is 0 Å². The molecule has 1 rings (SSSR count). The molecule has 3 nitrogen and oxygen atoms in total. The van der Waals surface area contributed by atoms with Gasteiger partial charge in [0.25, 0.3) is 0 Å². The number of sulfone groups is 1. The summed E-state index contributed by atoms with van der Waals surface area (Å²) in [6.45, 7) is 9.21. The molecule has 1 unspecified atom stereocenters. The van der Waals surface area contributed by atoms with Crippen LogP contribution in [0.1, 0.15) is 33.6 Å². The topological polar surface area (TPSA) is 37.4 Å². The maximum atomic E-state index is 11.6. The van der Waals surface area contributed by atoms with E-state index in [1.54, 1.807) is 0 Å². The first-order valence-electron chi connectivity index (χ1n) is 5.68. The van der Waals surface area contributed by atoms with E-state index in [1.807, 2.05) is 0 Å². The van der Waals surface area contributed by atoms with E-state index in [1.165, 1.54) is 6.26 Å². The molecule has 4 heteroatoms. The van der Waals surface area contributed by atoms with Crippen molar-refractivity contribution in [2.24, 2.45) is 5.41 Å². The Bertz CT molecular complexity index is 309. The summed E-state index contributed by atoms with van der Waals surface area (Å²) in [6, 6.07) is 0. The predicted molar refractivity (Wildman–Crippen MR) is 63.8 cm³/mol. The van der Waals surface area contributed by atoms with Gasteiger partial charge in [0.1, 0.15) is 0 Å². The second kappa shape index (κ2) is 4.42. The molecule has 1 atom stereocenters. The zero-order valence-corrected chi connectivity index (χ0v) is 11.1. The first-order valence-corrected chi connectivity index (χ1v) is 7.64. The second-order valence-corrected chi connectivity index (χ2v) is 7.60. The highest BCUT2D eigenvalue weighted by Crippen LogP contribution is 2.33. The summed E-state index contributed by atoms with van der Waals surface area (Å²) >= 11 is 0. The number of hydrogen-bond acceptors (Lipinski definition) is 3. The van der Waals surface area contributed by atoms with E-state index in [0.29, 0.717) is 0 Å². The van der Waals surface area contributed by atoms with Crippen molar-refractivity contribution in [3.8, 4) is 0 Å². The number of nitrogens with zero attached hydrogens (tertiary/aromatic N) is 1. The Balaban J connectivity index is 2.75. The molecule has 0 saturated carbocycles. The molecule has 0 N–H and O–H groups in total. The van der Waals surface area contributed by atoms with Crippen LogP contribution in [-0.4, -0.2) is 44.5 Å². The summed E-state index contributed by atoms with van der Waals surface area (Å²) in [5.74, 6) is 0. The molecule has 90 valence electrons. The zero-order chi connectivity index (χ0) is 11.7. The lowest BCUT2D eigenvalue weighted by molar-refractivity contribution is 0.121. The van der Waals surface area contributed by atoms with E-state index in [2.05, 4.69) is 25.7 Å². The third-order valence-electron chi connectivity index (χ3n) is 3.27. The maximum absolute atomic E-state index is 11.6. The fourth-order valence-electron chi connectivity index (χ4n) is 2.75. The molecule has 0 aromatic rings. The van der Waals surface area contributed by atoms with Gasteiger partial charge in [-0.15, -0.1) is 0 Å². The summed E-state index contributed by atoms with van der Waals surface area (Å²) in [4.78, 5) is 2.38. The van der Waals surface area contributed by atoms with Crippen LogP contribution in [-0.2, 0) is 9.84 Å². The van der Waals surface area contributed by atoms with Gasteiger partial charge in [-0.05, 0) is 31.3 Å². The van der Waals surface area contributed by atoms with E-state index < -0.39 is 9.84 Å². The number of hydrogen-bond donors (Lipinski definition) is 0. The molecule has 1 heterocycles. The van der Waals surface area contributed by atoms with Gasteiger partial charge < -0.3 is 4.90 Å². The minimum absolute atomic E-state index is 0.110. The van der Waals surface area contributed by atoms with Crippen molar-refractivity contribution in [2.45, 2.75) is 38.9 Å². The largest absolute Gasteiger partial charge is 0.303 e. The van der Waals surface area contributed by atoms with E-state index in [4.69, 9.17) is 0 Å². The number of piperidine rings is 1. The molecule has 1 fully saturated rings. The maximum Gasteiger partial charge on any atom is 0.150 e.